The molecule has 1 N–H and O–H groups in total. The van der Waals surface area contributed by atoms with Gasteiger partial charge in [0.1, 0.15) is 0 Å². The number of hydrogen-bond acceptors (Lipinski definition) is 4. The zero-order valence-electron chi connectivity index (χ0n) is 21.9. The lowest BCUT2D eigenvalue weighted by Crippen LogP contribution is -2.29. The van der Waals surface area contributed by atoms with Crippen molar-refractivity contribution in [1.82, 2.24) is 10.3 Å². The normalized spacial score (nSPS) is 13.9. The van der Waals surface area contributed by atoms with Gasteiger partial charge in [-0.05, 0) is 52.1 Å². The number of anilines is 1. The van der Waals surface area contributed by atoms with Crippen molar-refractivity contribution in [2.24, 2.45) is 0 Å². The molecule has 0 fully saturated rings. The summed E-state index contributed by atoms with van der Waals surface area (Å²) in [6, 6.07) is 26.0. The fourth-order valence-corrected chi connectivity index (χ4v) is 6.57. The van der Waals surface area contributed by atoms with Gasteiger partial charge in [-0.25, -0.2) is 0 Å². The largest absolute Gasteiger partial charge is 0.416 e. The Morgan fingerprint density at radius 1 is 0.846 bits per heavy atom. The molecule has 0 saturated carbocycles. The lowest BCUT2D eigenvalue weighted by Gasteiger charge is -2.37. The topological polar surface area (TPSA) is 28.2 Å². The summed E-state index contributed by atoms with van der Waals surface area (Å²) in [7, 11) is 4.00. The predicted octanol–water partition coefficient (Wildman–Crippen LogP) is 7.47. The Morgan fingerprint density at radius 3 is 2.05 bits per heavy atom. The molecule has 0 spiro atoms. The van der Waals surface area contributed by atoms with E-state index in [1.807, 2.05) is 55.5 Å². The number of alkyl halides is 3. The number of hydrogen-bond donors (Lipinski definition) is 1. The van der Waals surface area contributed by atoms with Crippen molar-refractivity contribution in [3.8, 4) is 0 Å². The van der Waals surface area contributed by atoms with E-state index >= 15 is 0 Å². The van der Waals surface area contributed by atoms with Gasteiger partial charge in [0, 0.05) is 44.8 Å². The zero-order chi connectivity index (χ0) is 27.5. The highest BCUT2D eigenvalue weighted by Crippen LogP contribution is 2.52. The molecule has 1 aliphatic carbocycles. The van der Waals surface area contributed by atoms with Crippen LogP contribution in [0.3, 0.4) is 0 Å². The molecule has 0 bridgehead atoms. The van der Waals surface area contributed by atoms with Crippen LogP contribution in [0.5, 0.6) is 0 Å². The van der Waals surface area contributed by atoms with E-state index in [1.165, 1.54) is 12.1 Å². The molecule has 1 heterocycles. The van der Waals surface area contributed by atoms with Crippen LogP contribution in [-0.2, 0) is 17.5 Å². The van der Waals surface area contributed by atoms with Crippen molar-refractivity contribution < 1.29 is 13.2 Å². The molecule has 1 aromatic heterocycles. The second kappa shape index (κ2) is 11.3. The molecule has 0 radical (unpaired) electrons. The van der Waals surface area contributed by atoms with Gasteiger partial charge >= 0.3 is 6.18 Å². The molecule has 39 heavy (non-hydrogen) atoms. The van der Waals surface area contributed by atoms with Crippen molar-refractivity contribution in [2.75, 3.05) is 31.3 Å². The number of aromatic nitrogens is 1. The lowest BCUT2D eigenvalue weighted by molar-refractivity contribution is -0.137. The van der Waals surface area contributed by atoms with Crippen LogP contribution in [0.2, 0.25) is 0 Å². The molecule has 0 saturated heterocycles. The number of benzene rings is 3. The number of thioether (sulfide) groups is 1. The fourth-order valence-electron chi connectivity index (χ4n) is 5.03. The number of fused-ring (bicyclic) bond motifs is 2. The smallest absolute Gasteiger partial charge is 0.378 e. The second-order valence-corrected chi connectivity index (χ2v) is 11.0. The Labute approximate surface area is 231 Å². The average Bonchev–Trinajstić information content (AvgIpc) is 3.08. The minimum absolute atomic E-state index is 0.629. The van der Waals surface area contributed by atoms with Crippen molar-refractivity contribution >= 4 is 29.6 Å². The van der Waals surface area contributed by atoms with Crippen molar-refractivity contribution in [3.63, 3.8) is 0 Å². The fraction of sp³-hybridized carbons (Fsp3) is 0.219. The van der Waals surface area contributed by atoms with Gasteiger partial charge in [-0.3, -0.25) is 4.98 Å². The second-order valence-electron chi connectivity index (χ2n) is 9.69. The molecule has 5 rings (SSSR count). The van der Waals surface area contributed by atoms with Gasteiger partial charge in [0.2, 0.25) is 0 Å². The van der Waals surface area contributed by atoms with E-state index in [2.05, 4.69) is 52.8 Å². The Kier molecular flexibility index (Phi) is 7.82. The van der Waals surface area contributed by atoms with Crippen LogP contribution < -0.4 is 10.2 Å². The maximum absolute atomic E-state index is 13.5. The Balaban J connectivity index is 1.49. The number of rotatable bonds is 8. The van der Waals surface area contributed by atoms with E-state index in [1.54, 1.807) is 23.9 Å². The minimum atomic E-state index is -4.39. The van der Waals surface area contributed by atoms with E-state index < -0.39 is 16.5 Å². The first-order chi connectivity index (χ1) is 18.8. The van der Waals surface area contributed by atoms with Crippen molar-refractivity contribution in [2.45, 2.75) is 17.5 Å². The SMILES string of the molecule is CN(C)c1ccnc(CNCCSC2(c3ccc(C(F)(F)F)cc3)c3ccccc3C=Cc3ccccc32)c1. The van der Waals surface area contributed by atoms with Crippen LogP contribution in [0.1, 0.15) is 39.1 Å². The molecule has 0 aliphatic heterocycles. The molecule has 1 aliphatic rings. The molecular weight excluding hydrogens is 515 g/mol. The number of halogens is 3. The maximum Gasteiger partial charge on any atom is 0.416 e. The standard InChI is InChI=1S/C32H30F3N3S/c1-38(2)28-17-18-37-27(21-28)22-36-19-20-39-31(25-13-15-26(16-14-25)32(33,34)35)29-9-5-3-7-23(29)11-12-24-8-4-6-10-30(24)31/h3-18,21,36H,19-20,22H2,1-2H3. The lowest BCUT2D eigenvalue weighted by atomic mass is 9.81. The molecule has 0 unspecified atom stereocenters. The Hall–Kier alpha value is -3.55. The van der Waals surface area contributed by atoms with Crippen LogP contribution in [0.25, 0.3) is 12.2 Å². The van der Waals surface area contributed by atoms with Gasteiger partial charge in [0.25, 0.3) is 0 Å². The third-order valence-corrected chi connectivity index (χ3v) is 8.48. The number of pyridine rings is 1. The van der Waals surface area contributed by atoms with E-state index in [4.69, 9.17) is 0 Å². The van der Waals surface area contributed by atoms with E-state index in [0.29, 0.717) is 13.1 Å². The Morgan fingerprint density at radius 2 is 1.46 bits per heavy atom. The number of nitrogens with one attached hydrogen (secondary N) is 1. The molecule has 7 heteroatoms. The maximum atomic E-state index is 13.5. The summed E-state index contributed by atoms with van der Waals surface area (Å²) in [4.78, 5) is 6.52. The quantitative estimate of drug-likeness (QED) is 0.233. The summed E-state index contributed by atoms with van der Waals surface area (Å²) >= 11 is 1.74. The van der Waals surface area contributed by atoms with Gasteiger partial charge in [0.05, 0.1) is 16.0 Å². The summed E-state index contributed by atoms with van der Waals surface area (Å²) in [6.45, 7) is 1.34. The van der Waals surface area contributed by atoms with Crippen molar-refractivity contribution in [3.05, 3.63) is 130 Å². The molecule has 3 aromatic carbocycles. The average molecular weight is 546 g/mol. The van der Waals surface area contributed by atoms with Gasteiger partial charge in [-0.15, -0.1) is 11.8 Å². The monoisotopic (exact) mass is 545 g/mol. The summed E-state index contributed by atoms with van der Waals surface area (Å²) < 4.78 is 39.7. The molecule has 0 amide bonds. The van der Waals surface area contributed by atoms with E-state index in [9.17, 15) is 13.2 Å². The summed E-state index contributed by atoms with van der Waals surface area (Å²) in [6.07, 6.45) is 1.62. The highest BCUT2D eigenvalue weighted by atomic mass is 32.2. The van der Waals surface area contributed by atoms with Gasteiger partial charge in [0.15, 0.2) is 0 Å². The third-order valence-electron chi connectivity index (χ3n) is 6.96. The summed E-state index contributed by atoms with van der Waals surface area (Å²) in [5, 5.41) is 3.50. The first kappa shape index (κ1) is 27.0. The van der Waals surface area contributed by atoms with Gasteiger partial charge in [-0.1, -0.05) is 72.8 Å². The Bertz CT molecular complexity index is 1410. The molecule has 4 aromatic rings. The van der Waals surface area contributed by atoms with E-state index in [-0.39, 0.29) is 0 Å². The van der Waals surface area contributed by atoms with Crippen LogP contribution in [-0.4, -0.2) is 31.4 Å². The molecule has 200 valence electrons. The summed E-state index contributed by atoms with van der Waals surface area (Å²) in [5.74, 6) is 0.733. The first-order valence-corrected chi connectivity index (χ1v) is 13.8. The van der Waals surface area contributed by atoms with Gasteiger partial charge < -0.3 is 10.2 Å². The van der Waals surface area contributed by atoms with Crippen LogP contribution in [0, 0.1) is 0 Å². The zero-order valence-corrected chi connectivity index (χ0v) is 22.7. The first-order valence-electron chi connectivity index (χ1n) is 12.8. The molecular formula is C32H30F3N3S. The van der Waals surface area contributed by atoms with E-state index in [0.717, 1.165) is 45.0 Å². The molecule has 0 atom stereocenters. The van der Waals surface area contributed by atoms with Crippen LogP contribution in [0.4, 0.5) is 18.9 Å². The minimum Gasteiger partial charge on any atom is -0.378 e. The van der Waals surface area contributed by atoms with Crippen molar-refractivity contribution in [1.29, 1.82) is 0 Å². The third kappa shape index (κ3) is 5.60. The summed E-state index contributed by atoms with van der Waals surface area (Å²) in [5.41, 5.74) is 6.47. The van der Waals surface area contributed by atoms with Crippen LogP contribution in [0.15, 0.2) is 91.1 Å². The van der Waals surface area contributed by atoms with Gasteiger partial charge in [-0.2, -0.15) is 13.2 Å². The predicted molar refractivity (Wildman–Crippen MR) is 156 cm³/mol. The molecule has 3 nitrogen and oxygen atoms in total. The van der Waals surface area contributed by atoms with Crippen LogP contribution >= 0.6 is 11.8 Å². The number of nitrogens with zero attached hydrogens (tertiary/aromatic N) is 2. The highest BCUT2D eigenvalue weighted by molar-refractivity contribution is 8.00. The highest BCUT2D eigenvalue weighted by Gasteiger charge is 2.41.